The van der Waals surface area contributed by atoms with E-state index in [0.717, 1.165) is 21.8 Å². The van der Waals surface area contributed by atoms with Crippen LogP contribution in [0.3, 0.4) is 0 Å². The van der Waals surface area contributed by atoms with E-state index < -0.39 is 5.82 Å². The van der Waals surface area contributed by atoms with Crippen LogP contribution in [-0.2, 0) is 17.9 Å². The van der Waals surface area contributed by atoms with Crippen molar-refractivity contribution in [3.05, 3.63) is 97.6 Å². The molecule has 34 heavy (non-hydrogen) atoms. The standard InChI is InChI=1S/C25H18BrClFNO4S/c1-32-22-11-15(9-10-21(22)33-14-17-19(27)7-4-8-20(17)28)12-23-24(30)29(25(31)34-23)13-16-5-2-3-6-18(16)26/h2-12H,13-14H2,1H3/b23-12-. The van der Waals surface area contributed by atoms with Gasteiger partial charge in [0.1, 0.15) is 12.4 Å². The van der Waals surface area contributed by atoms with Gasteiger partial charge in [0.05, 0.1) is 23.6 Å². The Kier molecular flexibility index (Phi) is 7.60. The predicted molar refractivity (Wildman–Crippen MR) is 134 cm³/mol. The summed E-state index contributed by atoms with van der Waals surface area (Å²) in [6.07, 6.45) is 1.63. The molecule has 1 fully saturated rings. The lowest BCUT2D eigenvalue weighted by Crippen LogP contribution is -2.27. The predicted octanol–water partition coefficient (Wildman–Crippen LogP) is 7.07. The van der Waals surface area contributed by atoms with Crippen molar-refractivity contribution in [3.8, 4) is 11.5 Å². The number of carbonyl (C=O) groups is 2. The summed E-state index contributed by atoms with van der Waals surface area (Å²) in [6, 6.07) is 16.9. The average Bonchev–Trinajstić information content (AvgIpc) is 3.08. The summed E-state index contributed by atoms with van der Waals surface area (Å²) in [6.45, 7) is 0.104. The highest BCUT2D eigenvalue weighted by molar-refractivity contribution is 9.10. The summed E-state index contributed by atoms with van der Waals surface area (Å²) in [7, 11) is 1.48. The fourth-order valence-electron chi connectivity index (χ4n) is 3.30. The van der Waals surface area contributed by atoms with Crippen molar-refractivity contribution in [3.63, 3.8) is 0 Å². The van der Waals surface area contributed by atoms with E-state index in [1.807, 2.05) is 24.3 Å². The maximum Gasteiger partial charge on any atom is 0.293 e. The Morgan fingerprint density at radius 1 is 1.09 bits per heavy atom. The average molecular weight is 563 g/mol. The van der Waals surface area contributed by atoms with Crippen LogP contribution in [0.4, 0.5) is 9.18 Å². The number of carbonyl (C=O) groups excluding carboxylic acids is 2. The molecule has 2 amide bonds. The second-order valence-corrected chi connectivity index (χ2v) is 9.51. The SMILES string of the molecule is COc1cc(/C=C2\SC(=O)N(Cc3ccccc3Br)C2=O)ccc1OCc1c(F)cccc1Cl. The van der Waals surface area contributed by atoms with E-state index in [-0.39, 0.29) is 34.9 Å². The van der Waals surface area contributed by atoms with Crippen LogP contribution in [0.2, 0.25) is 5.02 Å². The van der Waals surface area contributed by atoms with Gasteiger partial charge in [0.2, 0.25) is 0 Å². The third kappa shape index (κ3) is 5.29. The van der Waals surface area contributed by atoms with Crippen LogP contribution in [0.1, 0.15) is 16.7 Å². The Bertz CT molecular complexity index is 1280. The molecule has 0 atom stereocenters. The molecule has 9 heteroatoms. The number of amides is 2. The van der Waals surface area contributed by atoms with Crippen molar-refractivity contribution in [2.75, 3.05) is 7.11 Å². The lowest BCUT2D eigenvalue weighted by Gasteiger charge is -2.13. The fourth-order valence-corrected chi connectivity index (χ4v) is 4.76. The smallest absolute Gasteiger partial charge is 0.293 e. The number of methoxy groups -OCH3 is 1. The molecule has 4 rings (SSSR count). The number of rotatable bonds is 7. The quantitative estimate of drug-likeness (QED) is 0.288. The van der Waals surface area contributed by atoms with Crippen LogP contribution in [0.15, 0.2) is 70.0 Å². The molecule has 0 N–H and O–H groups in total. The van der Waals surface area contributed by atoms with Crippen LogP contribution in [0, 0.1) is 5.82 Å². The first-order valence-electron chi connectivity index (χ1n) is 10.1. The maximum atomic E-state index is 14.0. The molecule has 0 spiro atoms. The van der Waals surface area contributed by atoms with Gasteiger partial charge in [-0.15, -0.1) is 0 Å². The summed E-state index contributed by atoms with van der Waals surface area (Å²) in [4.78, 5) is 26.9. The molecule has 0 unspecified atom stereocenters. The third-order valence-corrected chi connectivity index (χ3v) is 7.11. The minimum atomic E-state index is -0.457. The molecule has 0 saturated carbocycles. The van der Waals surface area contributed by atoms with Crippen molar-refractivity contribution in [2.45, 2.75) is 13.2 Å². The van der Waals surface area contributed by atoms with E-state index in [2.05, 4.69) is 15.9 Å². The number of nitrogens with zero attached hydrogens (tertiary/aromatic N) is 1. The Morgan fingerprint density at radius 3 is 2.62 bits per heavy atom. The molecule has 3 aromatic carbocycles. The van der Waals surface area contributed by atoms with Crippen LogP contribution >= 0.6 is 39.3 Å². The largest absolute Gasteiger partial charge is 0.493 e. The van der Waals surface area contributed by atoms with E-state index in [9.17, 15) is 14.0 Å². The molecular formula is C25H18BrClFNO4S. The lowest BCUT2D eigenvalue weighted by molar-refractivity contribution is -0.123. The van der Waals surface area contributed by atoms with Gasteiger partial charge in [0.15, 0.2) is 11.5 Å². The Morgan fingerprint density at radius 2 is 1.88 bits per heavy atom. The van der Waals surface area contributed by atoms with Crippen molar-refractivity contribution < 1.29 is 23.5 Å². The van der Waals surface area contributed by atoms with E-state index in [1.54, 1.807) is 30.3 Å². The van der Waals surface area contributed by atoms with Crippen LogP contribution in [0.25, 0.3) is 6.08 Å². The van der Waals surface area contributed by atoms with Gasteiger partial charge in [-0.2, -0.15) is 0 Å². The summed E-state index contributed by atoms with van der Waals surface area (Å²) < 4.78 is 26.0. The van der Waals surface area contributed by atoms with Gasteiger partial charge in [-0.1, -0.05) is 57.9 Å². The van der Waals surface area contributed by atoms with Crippen LogP contribution < -0.4 is 9.47 Å². The summed E-state index contributed by atoms with van der Waals surface area (Å²) >= 11 is 10.4. The number of benzene rings is 3. The van der Waals surface area contributed by atoms with E-state index >= 15 is 0 Å². The van der Waals surface area contributed by atoms with Crippen molar-refractivity contribution in [1.82, 2.24) is 4.90 Å². The van der Waals surface area contributed by atoms with Gasteiger partial charge in [-0.3, -0.25) is 14.5 Å². The van der Waals surface area contributed by atoms with Gasteiger partial charge < -0.3 is 9.47 Å². The highest BCUT2D eigenvalue weighted by atomic mass is 79.9. The Balaban J connectivity index is 1.51. The minimum absolute atomic E-state index is 0.0743. The molecule has 5 nitrogen and oxygen atoms in total. The number of imide groups is 1. The Labute approximate surface area is 213 Å². The number of hydrogen-bond donors (Lipinski definition) is 0. The van der Waals surface area contributed by atoms with Gasteiger partial charge in [0, 0.05) is 10.0 Å². The molecular weight excluding hydrogens is 545 g/mol. The van der Waals surface area contributed by atoms with Crippen LogP contribution in [-0.4, -0.2) is 23.2 Å². The Hall–Kier alpha value is -2.81. The summed E-state index contributed by atoms with van der Waals surface area (Å²) in [5.41, 5.74) is 1.73. The monoisotopic (exact) mass is 561 g/mol. The van der Waals surface area contributed by atoms with Gasteiger partial charge >= 0.3 is 0 Å². The summed E-state index contributed by atoms with van der Waals surface area (Å²) in [5, 5.41) is -0.0606. The zero-order valence-corrected chi connectivity index (χ0v) is 21.0. The summed E-state index contributed by atoms with van der Waals surface area (Å²) in [5.74, 6) is -0.0322. The number of halogens is 3. The molecule has 0 radical (unpaired) electrons. The third-order valence-electron chi connectivity index (χ3n) is 5.08. The first-order chi connectivity index (χ1) is 16.4. The number of hydrogen-bond acceptors (Lipinski definition) is 5. The molecule has 1 aliphatic rings. The normalized spacial score (nSPS) is 14.7. The molecule has 1 heterocycles. The fraction of sp³-hybridized carbons (Fsp3) is 0.120. The molecule has 0 aliphatic carbocycles. The van der Waals surface area contributed by atoms with Crippen molar-refractivity contribution in [1.29, 1.82) is 0 Å². The molecule has 0 aromatic heterocycles. The first-order valence-corrected chi connectivity index (χ1v) is 12.1. The number of ether oxygens (including phenoxy) is 2. The molecule has 0 bridgehead atoms. The molecule has 174 valence electrons. The van der Waals surface area contributed by atoms with Gasteiger partial charge in [-0.05, 0) is 59.3 Å². The minimum Gasteiger partial charge on any atom is -0.493 e. The topological polar surface area (TPSA) is 55.8 Å². The van der Waals surface area contributed by atoms with E-state index in [4.69, 9.17) is 21.1 Å². The highest BCUT2D eigenvalue weighted by Crippen LogP contribution is 2.36. The first kappa shape index (κ1) is 24.3. The zero-order valence-electron chi connectivity index (χ0n) is 17.9. The molecule has 1 saturated heterocycles. The highest BCUT2D eigenvalue weighted by Gasteiger charge is 2.35. The maximum absolute atomic E-state index is 14.0. The zero-order chi connectivity index (χ0) is 24.2. The van der Waals surface area contributed by atoms with Crippen molar-refractivity contribution in [2.24, 2.45) is 0 Å². The van der Waals surface area contributed by atoms with Crippen molar-refractivity contribution >= 4 is 56.5 Å². The molecule has 3 aromatic rings. The van der Waals surface area contributed by atoms with Crippen LogP contribution in [0.5, 0.6) is 11.5 Å². The second kappa shape index (κ2) is 10.6. The number of thioether (sulfide) groups is 1. The molecule has 1 aliphatic heterocycles. The van der Waals surface area contributed by atoms with Gasteiger partial charge in [0.25, 0.3) is 11.1 Å². The van der Waals surface area contributed by atoms with Gasteiger partial charge in [-0.25, -0.2) is 4.39 Å². The van der Waals surface area contributed by atoms with E-state index in [1.165, 1.54) is 24.1 Å². The lowest BCUT2D eigenvalue weighted by atomic mass is 10.1. The van der Waals surface area contributed by atoms with E-state index in [0.29, 0.717) is 22.0 Å². The second-order valence-electron chi connectivity index (χ2n) is 7.26.